The van der Waals surface area contributed by atoms with Crippen LogP contribution in [0.5, 0.6) is 0 Å². The molecule has 4 heterocycles. The van der Waals surface area contributed by atoms with Gasteiger partial charge in [-0.3, -0.25) is 0 Å². The third kappa shape index (κ3) is 13.2. The Bertz CT molecular complexity index is 3650. The third-order valence-electron chi connectivity index (χ3n) is 14.6. The number of hydrogen-bond donors (Lipinski definition) is 0. The van der Waals surface area contributed by atoms with Crippen molar-refractivity contribution in [1.29, 1.82) is 0 Å². The SMILES string of the molecule is CCc1c[n+](C)c(-c2ccccc2C)cc1C.Cc1ccc(-c2cc3c(c[n+]2C)CCCC3)c(C)c1.[2H]C([2H])(C)c1c[n+](C)c(-c2ccc(C)cc2C)cc1C.[2H]C([2H])([2H])c1ccc(-c2cc3c(c[n+]2C)C([2H])([2H])CCC3([2H])[2H])c(C)c1. The van der Waals surface area contributed by atoms with Crippen LogP contribution in [0.25, 0.3) is 45.0 Å². The molecule has 0 unspecified atom stereocenters. The third-order valence-corrected chi connectivity index (χ3v) is 14.6. The van der Waals surface area contributed by atoms with E-state index in [1.165, 1.54) is 92.7 Å². The molecular formula is C69H86N4+4. The number of pyridine rings is 4. The van der Waals surface area contributed by atoms with E-state index in [0.717, 1.165) is 40.1 Å². The van der Waals surface area contributed by atoms with Gasteiger partial charge in [0.05, 0.1) is 0 Å². The molecule has 0 spiro atoms. The Balaban J connectivity index is 0.000000159. The summed E-state index contributed by atoms with van der Waals surface area (Å²) in [6, 6.07) is 35.2. The lowest BCUT2D eigenvalue weighted by atomic mass is 9.91. The summed E-state index contributed by atoms with van der Waals surface area (Å²) in [7, 11) is 8.07. The molecule has 4 aromatic heterocycles. The Labute approximate surface area is 453 Å². The smallest absolute Gasteiger partial charge is 0.201 e. The second-order valence-corrected chi connectivity index (χ2v) is 20.4. The molecule has 2 aliphatic rings. The fourth-order valence-corrected chi connectivity index (χ4v) is 10.4. The summed E-state index contributed by atoms with van der Waals surface area (Å²) in [6.07, 6.45) is 10.2. The Morgan fingerprint density at radius 2 is 0.836 bits per heavy atom. The molecular weight excluding hydrogens is 885 g/mol. The molecule has 8 aromatic rings. The van der Waals surface area contributed by atoms with Crippen LogP contribution in [0.4, 0.5) is 0 Å². The van der Waals surface area contributed by atoms with Crippen LogP contribution in [0.2, 0.25) is 0 Å². The standard InChI is InChI=1S/2C18H22N.C17H22N.C16H20N/c2*1-13-8-9-17(14(2)10-13)18-11-15-6-4-5-7-16(15)12-19(18)3;1-6-15-11-18(5)17(10-13(15)3)16-8-7-12(2)9-14(16)4;1-5-14-11-17(4)16(10-13(14)3)15-9-7-6-8-12(15)2/h2*8-12H,4-7H2,1-3H3;7-11H,6H2,1-5H3;6-11H,5H2,1-4H3/q4*+1/i1D3,6D2,7D2;;6D2;. The highest BCUT2D eigenvalue weighted by molar-refractivity contribution is 5.65. The van der Waals surface area contributed by atoms with E-state index >= 15 is 0 Å². The molecule has 0 amide bonds. The van der Waals surface area contributed by atoms with Crippen molar-refractivity contribution in [2.45, 2.75) is 140 Å². The van der Waals surface area contributed by atoms with Gasteiger partial charge in [-0.2, -0.15) is 0 Å². The van der Waals surface area contributed by atoms with E-state index in [1.54, 1.807) is 60.1 Å². The fraction of sp³-hybridized carbons (Fsp3) is 0.362. The van der Waals surface area contributed by atoms with Gasteiger partial charge in [0.25, 0.3) is 0 Å². The van der Waals surface area contributed by atoms with Gasteiger partial charge in [-0.25, -0.2) is 18.3 Å². The predicted molar refractivity (Wildman–Crippen MR) is 307 cm³/mol. The Hall–Kier alpha value is -6.52. The molecule has 0 saturated heterocycles. The van der Waals surface area contributed by atoms with Crippen molar-refractivity contribution in [2.75, 3.05) is 0 Å². The predicted octanol–water partition coefficient (Wildman–Crippen LogP) is 14.4. The normalized spacial score (nSPS) is 16.1. The van der Waals surface area contributed by atoms with E-state index in [-0.39, 0.29) is 18.4 Å². The van der Waals surface area contributed by atoms with Gasteiger partial charge >= 0.3 is 0 Å². The van der Waals surface area contributed by atoms with Gasteiger partial charge in [0.1, 0.15) is 28.2 Å². The molecule has 0 N–H and O–H groups in total. The van der Waals surface area contributed by atoms with E-state index in [1.807, 2.05) is 31.7 Å². The maximum absolute atomic E-state index is 8.30. The number of aryl methyl sites for hydroxylation is 19. The van der Waals surface area contributed by atoms with Gasteiger partial charge in [-0.1, -0.05) is 85.1 Å². The number of fused-ring (bicyclic) bond motifs is 2. The molecule has 73 heavy (non-hydrogen) atoms. The van der Waals surface area contributed by atoms with Crippen molar-refractivity contribution in [3.8, 4) is 45.0 Å². The highest BCUT2D eigenvalue weighted by atomic mass is 14.9. The summed E-state index contributed by atoms with van der Waals surface area (Å²) in [6.45, 7) is 18.4. The average Bonchev–Trinajstić information content (AvgIpc) is 3.58. The lowest BCUT2D eigenvalue weighted by Gasteiger charge is -2.15. The molecule has 0 aliphatic heterocycles. The van der Waals surface area contributed by atoms with Crippen LogP contribution in [0.15, 0.2) is 128 Å². The first-order valence-electron chi connectivity index (χ1n) is 30.7. The van der Waals surface area contributed by atoms with E-state index in [4.69, 9.17) is 12.3 Å². The topological polar surface area (TPSA) is 15.5 Å². The summed E-state index contributed by atoms with van der Waals surface area (Å²) in [4.78, 5) is 0. The van der Waals surface area contributed by atoms with Crippen molar-refractivity contribution in [3.63, 3.8) is 0 Å². The summed E-state index contributed by atoms with van der Waals surface area (Å²) >= 11 is 0. The van der Waals surface area contributed by atoms with Crippen molar-refractivity contribution in [1.82, 2.24) is 0 Å². The van der Waals surface area contributed by atoms with Crippen molar-refractivity contribution < 1.29 is 30.6 Å². The van der Waals surface area contributed by atoms with E-state index in [2.05, 4.69) is 163 Å². The lowest BCUT2D eigenvalue weighted by Crippen LogP contribution is -2.32. The second-order valence-electron chi connectivity index (χ2n) is 20.4. The maximum atomic E-state index is 8.30. The summed E-state index contributed by atoms with van der Waals surface area (Å²) in [5.41, 5.74) is 25.2. The first kappa shape index (κ1) is 42.9. The molecule has 0 atom stereocenters. The molecule has 0 saturated carbocycles. The number of rotatable bonds is 6. The quantitative estimate of drug-likeness (QED) is 0.148. The Kier molecular flexibility index (Phi) is 14.4. The van der Waals surface area contributed by atoms with Crippen LogP contribution >= 0.6 is 0 Å². The van der Waals surface area contributed by atoms with Gasteiger partial charge in [-0.05, 0) is 195 Å². The van der Waals surface area contributed by atoms with Gasteiger partial charge < -0.3 is 0 Å². The lowest BCUT2D eigenvalue weighted by molar-refractivity contribution is -0.661. The first-order chi connectivity index (χ1) is 38.3. The largest absolute Gasteiger partial charge is 0.212 e. The summed E-state index contributed by atoms with van der Waals surface area (Å²) < 4.78 is 79.8. The molecule has 0 fully saturated rings. The van der Waals surface area contributed by atoms with Gasteiger partial charge in [-0.15, -0.1) is 0 Å². The van der Waals surface area contributed by atoms with Gasteiger partial charge in [0.2, 0.25) is 22.8 Å². The second kappa shape index (κ2) is 24.5. The maximum Gasteiger partial charge on any atom is 0.212 e. The van der Waals surface area contributed by atoms with E-state index in [9.17, 15) is 0 Å². The average molecular weight is 981 g/mol. The van der Waals surface area contributed by atoms with Crippen molar-refractivity contribution in [2.24, 2.45) is 28.2 Å². The number of aromatic nitrogens is 4. The molecule has 4 aromatic carbocycles. The van der Waals surface area contributed by atoms with Crippen LogP contribution in [0.3, 0.4) is 0 Å². The Morgan fingerprint density at radius 3 is 1.36 bits per heavy atom. The monoisotopic (exact) mass is 980 g/mol. The van der Waals surface area contributed by atoms with Crippen LogP contribution < -0.4 is 18.3 Å². The zero-order valence-corrected chi connectivity index (χ0v) is 46.4. The van der Waals surface area contributed by atoms with Crippen LogP contribution in [0, 0.1) is 62.2 Å². The molecule has 0 bridgehead atoms. The molecule has 2 aliphatic carbocycles. The minimum absolute atomic E-state index is 0.136. The molecule has 10 rings (SSSR count). The van der Waals surface area contributed by atoms with Gasteiger partial charge in [0.15, 0.2) is 24.8 Å². The molecule has 378 valence electrons. The number of nitrogens with zero attached hydrogens (tertiary/aromatic N) is 4. The van der Waals surface area contributed by atoms with Gasteiger partial charge in [0, 0.05) is 81.1 Å². The minimum Gasteiger partial charge on any atom is -0.201 e. The van der Waals surface area contributed by atoms with Crippen LogP contribution in [-0.4, -0.2) is 0 Å². The molecule has 0 radical (unpaired) electrons. The van der Waals surface area contributed by atoms with E-state index < -0.39 is 26.0 Å². The zero-order valence-electron chi connectivity index (χ0n) is 55.4. The molecule has 4 nitrogen and oxygen atoms in total. The zero-order chi connectivity index (χ0) is 60.4. The summed E-state index contributed by atoms with van der Waals surface area (Å²) in [5.74, 6) is 0. The first-order valence-corrected chi connectivity index (χ1v) is 26.2. The van der Waals surface area contributed by atoms with Crippen LogP contribution in [-0.2, 0) is 66.6 Å². The van der Waals surface area contributed by atoms with E-state index in [0.29, 0.717) is 11.1 Å². The van der Waals surface area contributed by atoms with Crippen molar-refractivity contribution >= 4 is 0 Å². The molecule has 4 heteroatoms. The number of hydrogen-bond acceptors (Lipinski definition) is 0. The minimum atomic E-state index is -2.17. The summed E-state index contributed by atoms with van der Waals surface area (Å²) in [5, 5.41) is 0. The fourth-order valence-electron chi connectivity index (χ4n) is 10.4. The number of benzene rings is 4. The van der Waals surface area contributed by atoms with Crippen LogP contribution in [0.1, 0.15) is 135 Å². The Morgan fingerprint density at radius 1 is 0.411 bits per heavy atom. The van der Waals surface area contributed by atoms with Crippen molar-refractivity contribution in [3.05, 3.63) is 211 Å². The highest BCUT2D eigenvalue weighted by Gasteiger charge is 2.22. The highest BCUT2D eigenvalue weighted by Crippen LogP contribution is 2.29.